The molecule has 142 heavy (non-hydrogen) atoms. The van der Waals surface area contributed by atoms with Crippen LogP contribution in [0.15, 0.2) is 518 Å². The lowest BCUT2D eigenvalue weighted by atomic mass is 9.92. The first-order valence-corrected chi connectivity index (χ1v) is 50.1. The third kappa shape index (κ3) is 14.2. The number of benzene rings is 25. The van der Waals surface area contributed by atoms with Gasteiger partial charge in [0.1, 0.15) is 22.3 Å². The number of furan rings is 2. The Hall–Kier alpha value is -18.0. The summed E-state index contributed by atoms with van der Waals surface area (Å²) in [5, 5.41) is 26.8. The summed E-state index contributed by atoms with van der Waals surface area (Å²) in [5.74, 6) is 0. The maximum atomic E-state index is 6.83. The van der Waals surface area contributed by atoms with Crippen LogP contribution < -0.4 is 9.80 Å². The summed E-state index contributed by atoms with van der Waals surface area (Å²) >= 11 is 3.77. The highest BCUT2D eigenvalue weighted by atomic mass is 32.1. The Balaban J connectivity index is 0.000000139. The van der Waals surface area contributed by atoms with Crippen LogP contribution in [0, 0.1) is 0 Å². The van der Waals surface area contributed by atoms with Crippen LogP contribution >= 0.6 is 22.7 Å². The number of nitrogens with zero attached hydrogens (tertiary/aromatic N) is 2. The smallest absolute Gasteiger partial charge is 0.143 e. The molecule has 0 aliphatic heterocycles. The summed E-state index contributed by atoms with van der Waals surface area (Å²) in [5.41, 5.74) is 29.1. The molecule has 4 aromatic heterocycles. The molecular weight excluding hydrogens is 1760 g/mol. The van der Waals surface area contributed by atoms with Crippen molar-refractivity contribution in [1.82, 2.24) is 0 Å². The molecule has 29 aromatic rings. The van der Waals surface area contributed by atoms with E-state index in [1.54, 1.807) is 0 Å². The van der Waals surface area contributed by atoms with E-state index in [0.717, 1.165) is 106 Å². The summed E-state index contributed by atoms with van der Waals surface area (Å²) in [7, 11) is 0. The minimum Gasteiger partial charge on any atom is -0.455 e. The molecule has 0 saturated carbocycles. The highest BCUT2D eigenvalue weighted by Crippen LogP contribution is 2.51. The fourth-order valence-corrected chi connectivity index (χ4v) is 24.6. The van der Waals surface area contributed by atoms with E-state index in [1.807, 2.05) is 22.7 Å². The van der Waals surface area contributed by atoms with Gasteiger partial charge in [-0.15, -0.1) is 22.7 Å². The number of anilines is 6. The van der Waals surface area contributed by atoms with Crippen LogP contribution in [0.25, 0.3) is 249 Å². The molecule has 0 aliphatic rings. The molecule has 0 fully saturated rings. The molecule has 0 atom stereocenters. The topological polar surface area (TPSA) is 32.8 Å². The van der Waals surface area contributed by atoms with Gasteiger partial charge < -0.3 is 18.6 Å². The Morgan fingerprint density at radius 1 is 0.155 bits per heavy atom. The second-order valence-corrected chi connectivity index (χ2v) is 39.3. The minimum absolute atomic E-state index is 0.905. The largest absolute Gasteiger partial charge is 0.455 e. The SMILES string of the molecule is c1ccc(-c2ccc(N(c3ccc(-c4cccc(-c5c6ccccc6cc6c5oc5ccc7ccccc7c56)c4)cc3)c3ccc(-c4cccc(-c5cccc6c5sc5ccccc56)c4)cc3)cc2)cc1.c1ccc(-c2ccc3cc(N(c4ccc5cc(-c6cccc7c6oc6ccc8ccccc8c67)ccc5c4)c4ccc5cc(-c6cc7ccccc7c7c6sc6ccccc67)ccc5c4)ccc3c2)cc1. The second-order valence-electron chi connectivity index (χ2n) is 37.2. The van der Waals surface area contributed by atoms with Gasteiger partial charge in [0.05, 0.1) is 0 Å². The Kier molecular flexibility index (Phi) is 19.7. The third-order valence-electron chi connectivity index (χ3n) is 29.0. The summed E-state index contributed by atoms with van der Waals surface area (Å²) in [6.45, 7) is 0. The number of fused-ring (bicyclic) bond motifs is 22. The zero-order chi connectivity index (χ0) is 93.4. The van der Waals surface area contributed by atoms with Crippen molar-refractivity contribution in [3.63, 3.8) is 0 Å². The lowest BCUT2D eigenvalue weighted by Gasteiger charge is -2.27. The van der Waals surface area contributed by atoms with Crippen molar-refractivity contribution in [2.24, 2.45) is 0 Å². The molecule has 6 heteroatoms. The minimum atomic E-state index is 0.905. The predicted molar refractivity (Wildman–Crippen MR) is 609 cm³/mol. The molecule has 0 N–H and O–H groups in total. The van der Waals surface area contributed by atoms with Crippen LogP contribution in [0.2, 0.25) is 0 Å². The van der Waals surface area contributed by atoms with Gasteiger partial charge in [0.15, 0.2) is 0 Å². The van der Waals surface area contributed by atoms with E-state index in [9.17, 15) is 0 Å². The highest BCUT2D eigenvalue weighted by Gasteiger charge is 2.25. The average Bonchev–Trinajstić information content (AvgIpc) is 1.56. The lowest BCUT2D eigenvalue weighted by Crippen LogP contribution is -2.10. The van der Waals surface area contributed by atoms with Crippen molar-refractivity contribution >= 4 is 216 Å². The summed E-state index contributed by atoms with van der Waals surface area (Å²) in [6, 6.07) is 186. The van der Waals surface area contributed by atoms with Crippen LogP contribution in [0.5, 0.6) is 0 Å². The Bertz CT molecular complexity index is 10100. The Morgan fingerprint density at radius 3 is 1.08 bits per heavy atom. The van der Waals surface area contributed by atoms with E-state index in [2.05, 4.69) is 519 Å². The standard InChI is InChI=1S/C68H41NOS.C68H43NOS/c1-2-11-42(12-3-1)44-21-22-48-38-54(31-27-45(48)35-44)69(55-32-28-46-36-52(25-23-49(46)39-55)59-18-10-19-61-65-57-15-6-4-13-43(57)30-34-63(65)70-67(59)61)56-33-29-47-37-53(26-24-50(47)40-56)62-41-51-14-5-7-16-58(51)66-60-17-8-9-20-64(60)71-68(62)66;1-2-13-44(14-3-1)45-27-34-54(35-28-45)69(55-36-29-46(30-37-55)49-17-10-19-51(41-49)59-24-12-25-61-60-23-8-9-26-64(60)71-68(59)61)56-38-31-47(32-39-56)50-18-11-20-53(42-50)65-58-22-7-5-16-52(58)43-62-66-57-21-6-4-15-48(57)33-40-63(66)70-67(62)65/h1-41H;1-43H. The zero-order valence-electron chi connectivity index (χ0n) is 77.0. The molecule has 0 radical (unpaired) electrons. The molecule has 0 bridgehead atoms. The van der Waals surface area contributed by atoms with Gasteiger partial charge in [-0.25, -0.2) is 0 Å². The maximum Gasteiger partial charge on any atom is 0.143 e. The molecule has 0 aliphatic carbocycles. The van der Waals surface area contributed by atoms with Crippen molar-refractivity contribution in [1.29, 1.82) is 0 Å². The van der Waals surface area contributed by atoms with Crippen molar-refractivity contribution in [3.05, 3.63) is 510 Å². The van der Waals surface area contributed by atoms with Crippen LogP contribution in [-0.2, 0) is 0 Å². The van der Waals surface area contributed by atoms with Gasteiger partial charge >= 0.3 is 0 Å². The van der Waals surface area contributed by atoms with Crippen LogP contribution in [0.1, 0.15) is 0 Å². The first-order chi connectivity index (χ1) is 70.3. The van der Waals surface area contributed by atoms with Crippen molar-refractivity contribution < 1.29 is 8.83 Å². The van der Waals surface area contributed by atoms with E-state index in [1.165, 1.54) is 177 Å². The number of hydrogen-bond acceptors (Lipinski definition) is 6. The maximum absolute atomic E-state index is 6.83. The fourth-order valence-electron chi connectivity index (χ4n) is 22.1. The number of thiophene rings is 2. The summed E-state index contributed by atoms with van der Waals surface area (Å²) in [6.07, 6.45) is 0. The molecule has 29 rings (SSSR count). The molecule has 0 unspecified atom stereocenters. The molecule has 4 heterocycles. The lowest BCUT2D eigenvalue weighted by molar-refractivity contribution is 0.670. The fraction of sp³-hybridized carbons (Fsp3) is 0. The van der Waals surface area contributed by atoms with Crippen molar-refractivity contribution in [3.8, 4) is 89.0 Å². The summed E-state index contributed by atoms with van der Waals surface area (Å²) < 4.78 is 18.8. The highest BCUT2D eigenvalue weighted by molar-refractivity contribution is 7.27. The van der Waals surface area contributed by atoms with E-state index in [4.69, 9.17) is 8.83 Å². The predicted octanol–water partition coefficient (Wildman–Crippen LogP) is 40.3. The van der Waals surface area contributed by atoms with Crippen molar-refractivity contribution in [2.75, 3.05) is 9.80 Å². The van der Waals surface area contributed by atoms with E-state index in [0.29, 0.717) is 0 Å². The van der Waals surface area contributed by atoms with E-state index in [-0.39, 0.29) is 0 Å². The third-order valence-corrected chi connectivity index (χ3v) is 31.4. The van der Waals surface area contributed by atoms with Crippen LogP contribution in [-0.4, -0.2) is 0 Å². The molecule has 4 nitrogen and oxygen atoms in total. The van der Waals surface area contributed by atoms with E-state index < -0.39 is 0 Å². The quantitative estimate of drug-likeness (QED) is 0.109. The average molecular weight is 1840 g/mol. The first-order valence-electron chi connectivity index (χ1n) is 48.5. The van der Waals surface area contributed by atoms with Crippen LogP contribution in [0.3, 0.4) is 0 Å². The zero-order valence-corrected chi connectivity index (χ0v) is 78.7. The number of rotatable bonds is 14. The molecule has 0 amide bonds. The van der Waals surface area contributed by atoms with Gasteiger partial charge in [-0.05, 0) is 287 Å². The molecular formula is C136H84N2O2S2. The van der Waals surface area contributed by atoms with Gasteiger partial charge in [-0.3, -0.25) is 0 Å². The van der Waals surface area contributed by atoms with Gasteiger partial charge in [0.25, 0.3) is 0 Å². The normalized spacial score (nSPS) is 11.8. The second kappa shape index (κ2) is 34.0. The van der Waals surface area contributed by atoms with Crippen molar-refractivity contribution in [2.45, 2.75) is 0 Å². The van der Waals surface area contributed by atoms with E-state index >= 15 is 0 Å². The Labute approximate surface area is 827 Å². The summed E-state index contributed by atoms with van der Waals surface area (Å²) in [4.78, 5) is 4.77. The van der Waals surface area contributed by atoms with Crippen LogP contribution in [0.4, 0.5) is 34.1 Å². The Morgan fingerprint density at radius 2 is 0.493 bits per heavy atom. The van der Waals surface area contributed by atoms with Gasteiger partial charge in [0.2, 0.25) is 0 Å². The molecule has 662 valence electrons. The monoisotopic (exact) mass is 1840 g/mol. The number of hydrogen-bond donors (Lipinski definition) is 0. The van der Waals surface area contributed by atoms with Gasteiger partial charge in [-0.2, -0.15) is 0 Å². The first kappa shape index (κ1) is 82.2. The number of para-hydroxylation sites is 1. The van der Waals surface area contributed by atoms with Gasteiger partial charge in [-0.1, -0.05) is 370 Å². The molecule has 0 saturated heterocycles. The molecule has 25 aromatic carbocycles. The molecule has 0 spiro atoms. The van der Waals surface area contributed by atoms with Gasteiger partial charge in [0, 0.05) is 113 Å².